The molecule has 6 heteroatoms. The second-order valence-corrected chi connectivity index (χ2v) is 5.87. The number of anilines is 1. The third-order valence-electron chi connectivity index (χ3n) is 4.04. The number of hydrogen-bond donors (Lipinski definition) is 2. The fourth-order valence-electron chi connectivity index (χ4n) is 2.74. The van der Waals surface area contributed by atoms with Crippen LogP contribution in [0, 0.1) is 0 Å². The maximum Gasteiger partial charge on any atom is 0.255 e. The minimum Gasteiger partial charge on any atom is -0.496 e. The van der Waals surface area contributed by atoms with Gasteiger partial charge in [0.05, 0.1) is 24.1 Å². The normalized spacial score (nSPS) is 10.5. The fraction of sp³-hybridized carbons (Fsp3) is 0.200. The van der Waals surface area contributed by atoms with E-state index in [-0.39, 0.29) is 5.91 Å². The highest BCUT2D eigenvalue weighted by atomic mass is 16.5. The number of nitrogen functional groups attached to an aromatic ring is 1. The van der Waals surface area contributed by atoms with Gasteiger partial charge in [0, 0.05) is 12.6 Å². The molecule has 3 aromatic rings. The van der Waals surface area contributed by atoms with Gasteiger partial charge in [-0.1, -0.05) is 30.3 Å². The Bertz CT molecular complexity index is 875. The molecule has 0 spiro atoms. The number of amides is 1. The van der Waals surface area contributed by atoms with Gasteiger partial charge in [0.2, 0.25) is 0 Å². The van der Waals surface area contributed by atoms with Crippen molar-refractivity contribution in [2.24, 2.45) is 0 Å². The molecule has 0 aliphatic heterocycles. The van der Waals surface area contributed by atoms with Crippen LogP contribution in [0.4, 0.5) is 5.82 Å². The molecule has 0 aliphatic carbocycles. The molecule has 134 valence electrons. The van der Waals surface area contributed by atoms with Crippen molar-refractivity contribution in [3.8, 4) is 11.4 Å². The molecule has 1 heterocycles. The summed E-state index contributed by atoms with van der Waals surface area (Å²) in [6.07, 6.45) is 1.50. The molecule has 0 saturated carbocycles. The zero-order chi connectivity index (χ0) is 18.4. The lowest BCUT2D eigenvalue weighted by Crippen LogP contribution is -2.25. The first kappa shape index (κ1) is 17.5. The van der Waals surface area contributed by atoms with Crippen LogP contribution in [0.15, 0.2) is 60.7 Å². The number of hydrogen-bond acceptors (Lipinski definition) is 4. The minimum atomic E-state index is -0.142. The molecule has 6 nitrogen and oxygen atoms in total. The summed E-state index contributed by atoms with van der Waals surface area (Å²) < 4.78 is 6.94. The highest BCUT2D eigenvalue weighted by Gasteiger charge is 2.11. The molecular formula is C20H22N4O2. The van der Waals surface area contributed by atoms with Crippen LogP contribution in [0.25, 0.3) is 5.69 Å². The summed E-state index contributed by atoms with van der Waals surface area (Å²) in [7, 11) is 1.56. The standard InChI is InChI=1S/C20H22N4O2/c1-26-18-12-6-5-11-17(18)20(25)22-13-7-8-15-14-19(21)24(23-15)16-9-3-2-4-10-16/h2-6,9-12,14H,7-8,13,21H2,1H3,(H,22,25). The number of nitrogens with one attached hydrogen (secondary N) is 1. The van der Waals surface area contributed by atoms with Crippen LogP contribution >= 0.6 is 0 Å². The Labute approximate surface area is 152 Å². The smallest absolute Gasteiger partial charge is 0.255 e. The Morgan fingerprint density at radius 3 is 2.65 bits per heavy atom. The minimum absolute atomic E-state index is 0.142. The number of carbonyl (C=O) groups is 1. The van der Waals surface area contributed by atoms with Crippen LogP contribution in [0.1, 0.15) is 22.5 Å². The third-order valence-corrected chi connectivity index (χ3v) is 4.04. The van der Waals surface area contributed by atoms with Crippen molar-refractivity contribution in [1.82, 2.24) is 15.1 Å². The number of para-hydroxylation sites is 2. The molecule has 0 bridgehead atoms. The van der Waals surface area contributed by atoms with Crippen molar-refractivity contribution < 1.29 is 9.53 Å². The van der Waals surface area contributed by atoms with Gasteiger partial charge >= 0.3 is 0 Å². The van der Waals surface area contributed by atoms with E-state index >= 15 is 0 Å². The monoisotopic (exact) mass is 350 g/mol. The van der Waals surface area contributed by atoms with E-state index in [1.807, 2.05) is 48.5 Å². The molecule has 1 aromatic heterocycles. The average Bonchev–Trinajstić information content (AvgIpc) is 3.06. The van der Waals surface area contributed by atoms with Crippen molar-refractivity contribution >= 4 is 11.7 Å². The van der Waals surface area contributed by atoms with Gasteiger partial charge in [-0.2, -0.15) is 5.10 Å². The lowest BCUT2D eigenvalue weighted by molar-refractivity contribution is 0.0950. The number of rotatable bonds is 7. The lowest BCUT2D eigenvalue weighted by Gasteiger charge is -2.08. The topological polar surface area (TPSA) is 82.2 Å². The average molecular weight is 350 g/mol. The van der Waals surface area contributed by atoms with Crippen molar-refractivity contribution in [3.05, 3.63) is 71.9 Å². The Hall–Kier alpha value is -3.28. The molecule has 0 unspecified atom stereocenters. The van der Waals surface area contributed by atoms with Crippen molar-refractivity contribution in [2.75, 3.05) is 19.4 Å². The molecule has 0 saturated heterocycles. The largest absolute Gasteiger partial charge is 0.496 e. The fourth-order valence-corrected chi connectivity index (χ4v) is 2.74. The number of nitrogens with zero attached hydrogens (tertiary/aromatic N) is 2. The molecule has 3 rings (SSSR count). The summed E-state index contributed by atoms with van der Waals surface area (Å²) in [5, 5.41) is 7.45. The van der Waals surface area contributed by atoms with E-state index < -0.39 is 0 Å². The van der Waals surface area contributed by atoms with Gasteiger partial charge in [0.1, 0.15) is 11.6 Å². The van der Waals surface area contributed by atoms with Crippen LogP contribution in [-0.2, 0) is 6.42 Å². The van der Waals surface area contributed by atoms with Crippen LogP contribution < -0.4 is 15.8 Å². The van der Waals surface area contributed by atoms with E-state index in [1.54, 1.807) is 23.9 Å². The Kier molecular flexibility index (Phi) is 5.53. The summed E-state index contributed by atoms with van der Waals surface area (Å²) >= 11 is 0. The predicted molar refractivity (Wildman–Crippen MR) is 102 cm³/mol. The Balaban J connectivity index is 1.53. The molecule has 0 fully saturated rings. The molecule has 2 aromatic carbocycles. The van der Waals surface area contributed by atoms with Gasteiger partial charge < -0.3 is 15.8 Å². The zero-order valence-electron chi connectivity index (χ0n) is 14.7. The second kappa shape index (κ2) is 8.20. The summed E-state index contributed by atoms with van der Waals surface area (Å²) in [4.78, 5) is 12.2. The summed E-state index contributed by atoms with van der Waals surface area (Å²) in [5.41, 5.74) is 8.42. The molecule has 26 heavy (non-hydrogen) atoms. The number of methoxy groups -OCH3 is 1. The van der Waals surface area contributed by atoms with Gasteiger partial charge in [-0.15, -0.1) is 0 Å². The summed E-state index contributed by atoms with van der Waals surface area (Å²) in [6.45, 7) is 0.551. The number of nitrogens with two attached hydrogens (primary N) is 1. The van der Waals surface area contributed by atoms with E-state index in [0.717, 1.165) is 24.2 Å². The van der Waals surface area contributed by atoms with E-state index in [2.05, 4.69) is 10.4 Å². The van der Waals surface area contributed by atoms with Gasteiger partial charge in [-0.3, -0.25) is 4.79 Å². The van der Waals surface area contributed by atoms with E-state index in [1.165, 1.54) is 0 Å². The quantitative estimate of drug-likeness (QED) is 0.642. The second-order valence-electron chi connectivity index (χ2n) is 5.87. The molecule has 0 atom stereocenters. The Morgan fingerprint density at radius 2 is 1.88 bits per heavy atom. The van der Waals surface area contributed by atoms with Crippen molar-refractivity contribution in [1.29, 1.82) is 0 Å². The maximum absolute atomic E-state index is 12.2. The first-order chi connectivity index (χ1) is 12.7. The molecule has 0 aliphatic rings. The Morgan fingerprint density at radius 1 is 1.15 bits per heavy atom. The maximum atomic E-state index is 12.2. The van der Waals surface area contributed by atoms with E-state index in [0.29, 0.717) is 23.7 Å². The van der Waals surface area contributed by atoms with Gasteiger partial charge in [-0.05, 0) is 37.1 Å². The molecule has 1 amide bonds. The SMILES string of the molecule is COc1ccccc1C(=O)NCCCc1cc(N)n(-c2ccccc2)n1. The zero-order valence-corrected chi connectivity index (χ0v) is 14.7. The first-order valence-corrected chi connectivity index (χ1v) is 8.50. The van der Waals surface area contributed by atoms with Gasteiger partial charge in [-0.25, -0.2) is 4.68 Å². The third kappa shape index (κ3) is 4.03. The number of benzene rings is 2. The number of aryl methyl sites for hydroxylation is 1. The number of ether oxygens (including phenoxy) is 1. The van der Waals surface area contributed by atoms with E-state index in [9.17, 15) is 4.79 Å². The molecular weight excluding hydrogens is 328 g/mol. The molecule has 3 N–H and O–H groups in total. The van der Waals surface area contributed by atoms with Crippen molar-refractivity contribution in [2.45, 2.75) is 12.8 Å². The van der Waals surface area contributed by atoms with Crippen LogP contribution in [0.2, 0.25) is 0 Å². The summed E-state index contributed by atoms with van der Waals surface area (Å²) in [6, 6.07) is 18.8. The molecule has 0 radical (unpaired) electrons. The van der Waals surface area contributed by atoms with E-state index in [4.69, 9.17) is 10.5 Å². The van der Waals surface area contributed by atoms with Crippen LogP contribution in [0.5, 0.6) is 5.75 Å². The first-order valence-electron chi connectivity index (χ1n) is 8.50. The highest BCUT2D eigenvalue weighted by molar-refractivity contribution is 5.96. The number of carbonyl (C=O) groups excluding carboxylic acids is 1. The predicted octanol–water partition coefficient (Wildman–Crippen LogP) is 2.83. The van der Waals surface area contributed by atoms with Crippen LogP contribution in [-0.4, -0.2) is 29.3 Å². The summed E-state index contributed by atoms with van der Waals surface area (Å²) in [5.74, 6) is 1.03. The van der Waals surface area contributed by atoms with Crippen molar-refractivity contribution in [3.63, 3.8) is 0 Å². The van der Waals surface area contributed by atoms with Gasteiger partial charge in [0.25, 0.3) is 5.91 Å². The van der Waals surface area contributed by atoms with Gasteiger partial charge in [0.15, 0.2) is 0 Å². The van der Waals surface area contributed by atoms with Crippen LogP contribution in [0.3, 0.4) is 0 Å². The lowest BCUT2D eigenvalue weighted by atomic mass is 10.2. The highest BCUT2D eigenvalue weighted by Crippen LogP contribution is 2.17. The number of aromatic nitrogens is 2.